The number of carboxylic acids is 1. The van der Waals surface area contributed by atoms with E-state index >= 15 is 0 Å². The molecule has 0 aliphatic heterocycles. The predicted octanol–water partition coefficient (Wildman–Crippen LogP) is -5.42. The van der Waals surface area contributed by atoms with Crippen molar-refractivity contribution in [3.05, 3.63) is 54.1 Å². The van der Waals surface area contributed by atoms with Crippen LogP contribution in [0.3, 0.4) is 0 Å². The number of aliphatic imine (C=N–C) groups is 2. The fourth-order valence-corrected chi connectivity index (χ4v) is 7.97. The summed E-state index contributed by atoms with van der Waals surface area (Å²) in [5, 5.41) is 53.5. The summed E-state index contributed by atoms with van der Waals surface area (Å²) in [6.07, 6.45) is 0.339. The predicted molar refractivity (Wildman–Crippen MR) is 304 cm³/mol. The summed E-state index contributed by atoms with van der Waals surface area (Å²) in [6.45, 7) is 9.69. The van der Waals surface area contributed by atoms with Gasteiger partial charge in [-0.3, -0.25) is 53.1 Å². The average molecular weight is 1170 g/mol. The molecular formula is C52H86N18O13. The third-order valence-electron chi connectivity index (χ3n) is 13.0. The zero-order valence-corrected chi connectivity index (χ0v) is 48.0. The van der Waals surface area contributed by atoms with Gasteiger partial charge in [0.15, 0.2) is 11.9 Å². The van der Waals surface area contributed by atoms with Crippen molar-refractivity contribution < 1.29 is 63.3 Å². The highest BCUT2D eigenvalue weighted by Crippen LogP contribution is 2.13. The van der Waals surface area contributed by atoms with E-state index in [0.717, 1.165) is 19.4 Å². The van der Waals surface area contributed by atoms with Crippen molar-refractivity contribution in [3.8, 4) is 0 Å². The van der Waals surface area contributed by atoms with Gasteiger partial charge in [0, 0.05) is 31.4 Å². The maximum absolute atomic E-state index is 14.2. The minimum absolute atomic E-state index is 0.000191. The van der Waals surface area contributed by atoms with Crippen molar-refractivity contribution in [2.24, 2.45) is 50.5 Å². The standard InChI is InChI=1S/C52H86N18O13/c1-8-27(4)39(48(80)67-38(26(2)3)50(82)83)68-45(77)34(17-13-21-60-52(56)57)64-37(73)24-61-47(79)40(29(6)71)70-49(81)41(30(7)72)69-46(78)36(22-32-23-58-25-62-32)66-44(76)35(19-18-31-14-10-9-11-15-31)65-42(74)28(5)63-43(75)33(53)16-12-20-59-51(54)55/h9-11,14-15,23,25-30,33-36,38-41,71-72H,8,12-13,16-22,24,53H2,1-7H3,(H,58,62)(H,61,79)(H,63,75)(H,64,73)(H,65,74)(H,66,76)(H,67,80)(H,68,77)(H,69,78)(H,70,81)(H,82,83)(H4,54,55,59)(H4,56,57,60)/t27?,28-,29+,30+,33-,34+,35-,36-,38+,39-,40-,41-/m0/s1. The molecular weight excluding hydrogens is 1080 g/mol. The number of nitrogens with zero attached hydrogens (tertiary/aromatic N) is 3. The van der Waals surface area contributed by atoms with Crippen molar-refractivity contribution in [1.82, 2.24) is 57.8 Å². The van der Waals surface area contributed by atoms with E-state index in [2.05, 4.69) is 67.8 Å². The molecule has 0 saturated carbocycles. The highest BCUT2D eigenvalue weighted by Gasteiger charge is 2.37. The van der Waals surface area contributed by atoms with Gasteiger partial charge >= 0.3 is 5.97 Å². The van der Waals surface area contributed by atoms with Gasteiger partial charge in [0.25, 0.3) is 0 Å². The number of hydrogen-bond donors (Lipinski definition) is 18. The van der Waals surface area contributed by atoms with Gasteiger partial charge in [-0.15, -0.1) is 0 Å². The smallest absolute Gasteiger partial charge is 0.326 e. The normalized spacial score (nSPS) is 15.4. The van der Waals surface area contributed by atoms with Crippen molar-refractivity contribution in [2.45, 2.75) is 166 Å². The molecule has 83 heavy (non-hydrogen) atoms. The van der Waals surface area contributed by atoms with Crippen LogP contribution in [0.4, 0.5) is 0 Å². The number of carbonyl (C=O) groups is 10. The second-order valence-electron chi connectivity index (χ2n) is 20.4. The lowest BCUT2D eigenvalue weighted by atomic mass is 9.96. The van der Waals surface area contributed by atoms with E-state index in [1.165, 1.54) is 19.4 Å². The number of aliphatic carboxylic acids is 1. The summed E-state index contributed by atoms with van der Waals surface area (Å²) < 4.78 is 0. The van der Waals surface area contributed by atoms with Gasteiger partial charge in [0.05, 0.1) is 31.1 Å². The van der Waals surface area contributed by atoms with Gasteiger partial charge in [-0.2, -0.15) is 0 Å². The zero-order valence-electron chi connectivity index (χ0n) is 48.0. The van der Waals surface area contributed by atoms with Crippen LogP contribution in [0.5, 0.6) is 0 Å². The maximum Gasteiger partial charge on any atom is 0.326 e. The summed E-state index contributed by atoms with van der Waals surface area (Å²) in [4.78, 5) is 149. The van der Waals surface area contributed by atoms with Crippen LogP contribution in [-0.2, 0) is 60.8 Å². The van der Waals surface area contributed by atoms with Gasteiger partial charge < -0.3 is 96.8 Å². The maximum atomic E-state index is 14.2. The lowest BCUT2D eigenvalue weighted by Gasteiger charge is -2.29. The largest absolute Gasteiger partial charge is 0.480 e. The van der Waals surface area contributed by atoms with Gasteiger partial charge in [-0.25, -0.2) is 9.78 Å². The van der Waals surface area contributed by atoms with E-state index < -0.39 is 144 Å². The Bertz CT molecular complexity index is 2510. The number of nitrogens with one attached hydrogen (secondary N) is 10. The third-order valence-corrected chi connectivity index (χ3v) is 13.0. The Morgan fingerprint density at radius 2 is 1.10 bits per heavy atom. The number of carboxylic acid groups (broad SMARTS) is 1. The third kappa shape index (κ3) is 25.9. The second-order valence-corrected chi connectivity index (χ2v) is 20.4. The molecule has 0 spiro atoms. The highest BCUT2D eigenvalue weighted by molar-refractivity contribution is 5.98. The van der Waals surface area contributed by atoms with Crippen LogP contribution in [0.1, 0.15) is 98.2 Å². The molecule has 0 saturated heterocycles. The van der Waals surface area contributed by atoms with E-state index in [9.17, 15) is 63.3 Å². The van der Waals surface area contributed by atoms with Crippen molar-refractivity contribution in [2.75, 3.05) is 19.6 Å². The molecule has 1 aromatic carbocycles. The van der Waals surface area contributed by atoms with Gasteiger partial charge in [-0.05, 0) is 76.7 Å². The number of aromatic amines is 1. The van der Waals surface area contributed by atoms with Crippen molar-refractivity contribution in [1.29, 1.82) is 0 Å². The van der Waals surface area contributed by atoms with Crippen LogP contribution in [0, 0.1) is 11.8 Å². The summed E-state index contributed by atoms with van der Waals surface area (Å²) >= 11 is 0. The summed E-state index contributed by atoms with van der Waals surface area (Å²) in [5.41, 5.74) is 28.7. The summed E-state index contributed by atoms with van der Waals surface area (Å²) in [6, 6.07) is -3.62. The van der Waals surface area contributed by atoms with Crippen LogP contribution in [0.2, 0.25) is 0 Å². The van der Waals surface area contributed by atoms with Gasteiger partial charge in [0.2, 0.25) is 53.2 Å². The molecule has 0 aliphatic carbocycles. The lowest BCUT2D eigenvalue weighted by molar-refractivity contribution is -0.144. The minimum Gasteiger partial charge on any atom is -0.480 e. The van der Waals surface area contributed by atoms with Crippen molar-refractivity contribution in [3.63, 3.8) is 0 Å². The van der Waals surface area contributed by atoms with Crippen LogP contribution >= 0.6 is 0 Å². The number of aromatic nitrogens is 2. The minimum atomic E-state index is -1.85. The number of rotatable bonds is 37. The Labute approximate surface area is 481 Å². The number of carbonyl (C=O) groups excluding carboxylic acids is 9. The van der Waals surface area contributed by atoms with E-state index in [0.29, 0.717) is 18.5 Å². The second kappa shape index (κ2) is 36.1. The van der Waals surface area contributed by atoms with E-state index in [4.69, 9.17) is 28.7 Å². The topological polar surface area (TPSA) is 523 Å². The SMILES string of the molecule is CCC(C)[C@H](NC(=O)[C@@H](CCCN=C(N)N)NC(=O)CNC(=O)[C@@H](NC(=O)[C@@H](NC(=O)[C@H](Cc1cnc[nH]1)NC(=O)[C@H](CCc1ccccc1)NC(=O)[C@H](C)NC(=O)[C@@H](N)CCCN=C(N)N)[C@@H](C)O)[C@@H](C)O)C(=O)N[C@@H](C(=O)O)C(C)C. The summed E-state index contributed by atoms with van der Waals surface area (Å²) in [7, 11) is 0. The first-order valence-corrected chi connectivity index (χ1v) is 27.2. The molecule has 12 atom stereocenters. The number of benzene rings is 1. The number of amides is 9. The van der Waals surface area contributed by atoms with Gasteiger partial charge in [-0.1, -0.05) is 64.4 Å². The molecule has 0 radical (unpaired) electrons. The number of aliphatic hydroxyl groups is 2. The van der Waals surface area contributed by atoms with Crippen LogP contribution in [0.15, 0.2) is 52.8 Å². The molecule has 1 unspecified atom stereocenters. The first kappa shape index (κ1) is 70.7. The van der Waals surface area contributed by atoms with Crippen LogP contribution < -0.4 is 76.5 Å². The molecule has 0 aliphatic rings. The highest BCUT2D eigenvalue weighted by atomic mass is 16.4. The molecule has 23 N–H and O–H groups in total. The Hall–Kier alpha value is -8.45. The molecule has 0 bridgehead atoms. The Balaban J connectivity index is 2.31. The number of guanidine groups is 2. The molecule has 31 heteroatoms. The molecule has 1 aromatic heterocycles. The fraction of sp³-hybridized carbons (Fsp3) is 0.596. The van der Waals surface area contributed by atoms with Gasteiger partial charge in [0.1, 0.15) is 48.3 Å². The quantitative estimate of drug-likeness (QED) is 0.0171. The van der Waals surface area contributed by atoms with E-state index in [1.807, 2.05) is 0 Å². The average Bonchev–Trinajstić information content (AvgIpc) is 3.97. The zero-order chi connectivity index (χ0) is 62.5. The Morgan fingerprint density at radius 1 is 0.590 bits per heavy atom. The molecule has 1 heterocycles. The molecule has 462 valence electrons. The number of aryl methyl sites for hydroxylation is 1. The molecule has 2 aromatic rings. The first-order valence-electron chi connectivity index (χ1n) is 27.2. The van der Waals surface area contributed by atoms with Crippen LogP contribution in [-0.4, -0.2) is 183 Å². The van der Waals surface area contributed by atoms with E-state index in [1.54, 1.807) is 58.0 Å². The number of aliphatic hydroxyl groups excluding tert-OH is 2. The van der Waals surface area contributed by atoms with Crippen LogP contribution in [0.25, 0.3) is 0 Å². The Kier molecular flexibility index (Phi) is 30.7. The fourth-order valence-electron chi connectivity index (χ4n) is 7.97. The Morgan fingerprint density at radius 3 is 1.64 bits per heavy atom. The lowest BCUT2D eigenvalue weighted by Crippen LogP contribution is -2.62. The van der Waals surface area contributed by atoms with Crippen molar-refractivity contribution >= 4 is 71.1 Å². The monoisotopic (exact) mass is 1170 g/mol. The number of imidazole rings is 1. The molecule has 0 fully saturated rings. The molecule has 31 nitrogen and oxygen atoms in total. The number of H-pyrrole nitrogens is 1. The summed E-state index contributed by atoms with van der Waals surface area (Å²) in [5.74, 6) is -10.8. The molecule has 2 rings (SSSR count). The number of nitrogens with two attached hydrogens (primary N) is 5. The first-order chi connectivity index (χ1) is 39.1. The molecule has 9 amide bonds. The number of hydrogen-bond acceptors (Lipinski definition) is 16. The van der Waals surface area contributed by atoms with E-state index in [-0.39, 0.29) is 63.5 Å².